The Morgan fingerprint density at radius 2 is 1.80 bits per heavy atom. The first-order chi connectivity index (χ1) is 25.8. The first-order valence-electron chi connectivity index (χ1n) is 19.5. The lowest BCUT2D eigenvalue weighted by Gasteiger charge is -2.39. The van der Waals surface area contributed by atoms with Gasteiger partial charge in [-0.3, -0.25) is 14.5 Å². The molecule has 2 aromatic heterocycles. The highest BCUT2D eigenvalue weighted by molar-refractivity contribution is 7.13. The highest BCUT2D eigenvalue weighted by Gasteiger charge is 2.39. The van der Waals surface area contributed by atoms with Gasteiger partial charge in [0.05, 0.1) is 22.2 Å². The third kappa shape index (κ3) is 10.6. The van der Waals surface area contributed by atoms with Crippen LogP contribution in [0.4, 0.5) is 10.6 Å². The molecule has 294 valence electrons. The van der Waals surface area contributed by atoms with Gasteiger partial charge in [-0.1, -0.05) is 36.3 Å². The molecule has 3 aromatic rings. The Bertz CT molecular complexity index is 1710. The number of piperidine rings is 1. The maximum Gasteiger partial charge on any atom is 0.410 e. The van der Waals surface area contributed by atoms with Gasteiger partial charge in [0.25, 0.3) is 0 Å². The smallest absolute Gasteiger partial charge is 0.410 e. The van der Waals surface area contributed by atoms with E-state index in [1.807, 2.05) is 51.1 Å². The van der Waals surface area contributed by atoms with Crippen LogP contribution in [0, 0.1) is 18.8 Å². The number of likely N-dealkylation sites (tertiary alicyclic amines) is 2. The van der Waals surface area contributed by atoms with E-state index in [-0.39, 0.29) is 43.2 Å². The summed E-state index contributed by atoms with van der Waals surface area (Å²) in [5.41, 5.74) is 4.63. The fourth-order valence-electron chi connectivity index (χ4n) is 7.72. The van der Waals surface area contributed by atoms with Crippen molar-refractivity contribution in [1.29, 1.82) is 0 Å². The minimum atomic E-state index is -0.725. The molecule has 0 spiro atoms. The average Bonchev–Trinajstić information content (AvgIpc) is 3.88. The molecular weight excluding hydrogens is 707 g/mol. The fourth-order valence-corrected chi connectivity index (χ4v) is 8.53. The zero-order valence-corrected chi connectivity index (χ0v) is 33.3. The number of thiazole rings is 1. The molecule has 6 rings (SSSR count). The van der Waals surface area contributed by atoms with Gasteiger partial charge in [0, 0.05) is 84.2 Å². The van der Waals surface area contributed by atoms with Gasteiger partial charge in [0.15, 0.2) is 5.82 Å². The Morgan fingerprint density at radius 3 is 2.46 bits per heavy atom. The number of ether oxygens (including phenoxy) is 1. The standard InChI is InChI=1S/C40H57N7O6S/c1-27(20-33-23-35(43-53-33)45-18-16-44(17-19-45)24-30-11-14-46(15-12-30)39(51)52-40(3,4)5)21-36(49)47-25-32(48)22-34(47)38(50)41-13-10-29-6-8-31(9-7-29)37-28(2)42-26-54-37/h6-9,23,26-27,30,32,34,48H,10-22,24-25H2,1-5H3,(H,41,50)/t27-,32+,34-/m0/s1. The number of β-amino-alcohol motifs (C(OH)–C–C–N with tert-alkyl or cyclic N) is 1. The number of aliphatic hydroxyl groups is 1. The summed E-state index contributed by atoms with van der Waals surface area (Å²) in [4.78, 5) is 52.7. The summed E-state index contributed by atoms with van der Waals surface area (Å²) in [5.74, 6) is 1.72. The van der Waals surface area contributed by atoms with E-state index in [0.29, 0.717) is 25.3 Å². The van der Waals surface area contributed by atoms with Crippen LogP contribution in [0.15, 0.2) is 40.4 Å². The Hall–Kier alpha value is -4.01. The fraction of sp³-hybridized carbons (Fsp3) is 0.625. The van der Waals surface area contributed by atoms with Crippen molar-refractivity contribution in [3.05, 3.63) is 52.9 Å². The number of carbonyl (C=O) groups is 3. The summed E-state index contributed by atoms with van der Waals surface area (Å²) in [5, 5.41) is 17.8. The molecule has 0 radical (unpaired) electrons. The number of piperazine rings is 1. The van der Waals surface area contributed by atoms with Gasteiger partial charge in [-0.15, -0.1) is 11.3 Å². The molecule has 1 aromatic carbocycles. The molecule has 3 saturated heterocycles. The second-order valence-corrected chi connectivity index (χ2v) is 17.2. The Morgan fingerprint density at radius 1 is 1.07 bits per heavy atom. The SMILES string of the molecule is Cc1ncsc1-c1ccc(CCNC(=O)[C@@H]2C[C@@H](O)CN2C(=O)C[C@@H](C)Cc2cc(N3CCN(CC4CCN(C(=O)OC(C)(C)C)CC4)CC3)no2)cc1. The van der Waals surface area contributed by atoms with E-state index in [0.717, 1.165) is 91.9 Å². The van der Waals surface area contributed by atoms with Crippen molar-refractivity contribution >= 4 is 35.1 Å². The molecule has 3 aliphatic heterocycles. The van der Waals surface area contributed by atoms with Crippen LogP contribution in [0.5, 0.6) is 0 Å². The van der Waals surface area contributed by atoms with Gasteiger partial charge >= 0.3 is 6.09 Å². The van der Waals surface area contributed by atoms with Crippen LogP contribution in [0.2, 0.25) is 0 Å². The van der Waals surface area contributed by atoms with Crippen molar-refractivity contribution < 1.29 is 28.8 Å². The Kier molecular flexibility index (Phi) is 13.0. The van der Waals surface area contributed by atoms with Crippen LogP contribution >= 0.6 is 11.3 Å². The molecule has 54 heavy (non-hydrogen) atoms. The van der Waals surface area contributed by atoms with Crippen LogP contribution in [-0.4, -0.2) is 125 Å². The number of anilines is 1. The summed E-state index contributed by atoms with van der Waals surface area (Å²) in [6.45, 7) is 16.4. The van der Waals surface area contributed by atoms with E-state index in [9.17, 15) is 19.5 Å². The second-order valence-electron chi connectivity index (χ2n) is 16.3. The van der Waals surface area contributed by atoms with Gasteiger partial charge < -0.3 is 34.4 Å². The lowest BCUT2D eigenvalue weighted by Crippen LogP contribution is -2.49. The van der Waals surface area contributed by atoms with Crippen LogP contribution in [0.1, 0.15) is 70.4 Å². The summed E-state index contributed by atoms with van der Waals surface area (Å²) >= 11 is 1.62. The zero-order valence-electron chi connectivity index (χ0n) is 32.5. The highest BCUT2D eigenvalue weighted by atomic mass is 32.1. The third-order valence-electron chi connectivity index (χ3n) is 10.7. The number of aliphatic hydroxyl groups excluding tert-OH is 1. The largest absolute Gasteiger partial charge is 0.444 e. The Labute approximate surface area is 323 Å². The van der Waals surface area contributed by atoms with E-state index in [4.69, 9.17) is 9.26 Å². The van der Waals surface area contributed by atoms with Crippen LogP contribution in [0.25, 0.3) is 10.4 Å². The molecule has 0 bridgehead atoms. The molecule has 5 heterocycles. The predicted octanol–water partition coefficient (Wildman–Crippen LogP) is 4.77. The molecule has 3 atom stereocenters. The molecule has 0 aliphatic carbocycles. The molecule has 13 nitrogen and oxygen atoms in total. The molecule has 0 unspecified atom stereocenters. The van der Waals surface area contributed by atoms with E-state index < -0.39 is 17.7 Å². The van der Waals surface area contributed by atoms with Crippen LogP contribution in [0.3, 0.4) is 0 Å². The number of nitrogens with one attached hydrogen (secondary N) is 1. The number of rotatable bonds is 12. The summed E-state index contributed by atoms with van der Waals surface area (Å²) in [7, 11) is 0. The molecule has 0 saturated carbocycles. The second kappa shape index (κ2) is 17.6. The topological polar surface area (TPSA) is 145 Å². The molecule has 3 amide bonds. The lowest BCUT2D eigenvalue weighted by molar-refractivity contribution is -0.139. The number of benzene rings is 1. The van der Waals surface area contributed by atoms with Crippen molar-refractivity contribution in [1.82, 2.24) is 30.2 Å². The average molecular weight is 764 g/mol. The Balaban J connectivity index is 0.898. The van der Waals surface area contributed by atoms with Gasteiger partial charge in [0.1, 0.15) is 17.4 Å². The van der Waals surface area contributed by atoms with Crippen molar-refractivity contribution in [3.8, 4) is 10.4 Å². The maximum absolute atomic E-state index is 13.4. The maximum atomic E-state index is 13.4. The number of aryl methyl sites for hydroxylation is 1. The zero-order chi connectivity index (χ0) is 38.4. The lowest BCUT2D eigenvalue weighted by atomic mass is 9.96. The number of nitrogens with zero attached hydrogens (tertiary/aromatic N) is 6. The number of hydrogen-bond donors (Lipinski definition) is 2. The van der Waals surface area contributed by atoms with E-state index in [1.54, 1.807) is 16.2 Å². The number of aromatic nitrogens is 2. The van der Waals surface area contributed by atoms with Gasteiger partial charge in [0.2, 0.25) is 11.8 Å². The summed E-state index contributed by atoms with van der Waals surface area (Å²) in [6, 6.07) is 9.59. The minimum absolute atomic E-state index is 0.0324. The van der Waals surface area contributed by atoms with Crippen LogP contribution < -0.4 is 10.2 Å². The van der Waals surface area contributed by atoms with Gasteiger partial charge in [-0.05, 0) is 69.9 Å². The number of carbonyl (C=O) groups excluding carboxylic acids is 3. The third-order valence-corrected chi connectivity index (χ3v) is 11.7. The predicted molar refractivity (Wildman–Crippen MR) is 208 cm³/mol. The first-order valence-corrected chi connectivity index (χ1v) is 20.3. The number of amides is 3. The monoisotopic (exact) mass is 763 g/mol. The summed E-state index contributed by atoms with van der Waals surface area (Å²) in [6.07, 6.45) is 2.74. The van der Waals surface area contributed by atoms with Crippen molar-refractivity contribution in [2.45, 2.75) is 90.9 Å². The van der Waals surface area contributed by atoms with E-state index in [1.165, 1.54) is 0 Å². The van der Waals surface area contributed by atoms with Gasteiger partial charge in [-0.2, -0.15) is 0 Å². The highest BCUT2D eigenvalue weighted by Crippen LogP contribution is 2.28. The molecular formula is C40H57N7O6S. The summed E-state index contributed by atoms with van der Waals surface area (Å²) < 4.78 is 11.3. The minimum Gasteiger partial charge on any atom is -0.444 e. The van der Waals surface area contributed by atoms with Crippen molar-refractivity contribution in [2.24, 2.45) is 11.8 Å². The van der Waals surface area contributed by atoms with Crippen molar-refractivity contribution in [3.63, 3.8) is 0 Å². The van der Waals surface area contributed by atoms with Crippen molar-refractivity contribution in [2.75, 3.05) is 63.8 Å². The van der Waals surface area contributed by atoms with Crippen LogP contribution in [-0.2, 0) is 27.2 Å². The molecule has 14 heteroatoms. The quantitative estimate of drug-likeness (QED) is 0.265. The van der Waals surface area contributed by atoms with E-state index >= 15 is 0 Å². The number of hydrogen-bond acceptors (Lipinski definition) is 11. The molecule has 3 aliphatic rings. The van der Waals surface area contributed by atoms with E-state index in [2.05, 4.69) is 49.5 Å². The molecule has 2 N–H and O–H groups in total. The van der Waals surface area contributed by atoms with Gasteiger partial charge in [-0.25, -0.2) is 9.78 Å². The first kappa shape index (κ1) is 39.7. The molecule has 3 fully saturated rings. The normalized spacial score (nSPS) is 20.7.